The predicted octanol–water partition coefficient (Wildman–Crippen LogP) is 4.89. The van der Waals surface area contributed by atoms with Gasteiger partial charge in [-0.25, -0.2) is 0 Å². The molecule has 86 valence electrons. The van der Waals surface area contributed by atoms with Crippen molar-refractivity contribution in [3.05, 3.63) is 77.9 Å². The SMILES string of the molecule is CC(C/C=C/c1ccccc1)c1ccccc1. The van der Waals surface area contributed by atoms with Crippen molar-refractivity contribution >= 4 is 6.08 Å². The molecule has 0 bridgehead atoms. The van der Waals surface area contributed by atoms with Gasteiger partial charge in [0.15, 0.2) is 0 Å². The van der Waals surface area contributed by atoms with Crippen LogP contribution in [-0.2, 0) is 0 Å². The van der Waals surface area contributed by atoms with Crippen LogP contribution in [0.1, 0.15) is 30.4 Å². The molecule has 0 heterocycles. The molecule has 0 aliphatic carbocycles. The molecule has 0 fully saturated rings. The lowest BCUT2D eigenvalue weighted by molar-refractivity contribution is 0.783. The van der Waals surface area contributed by atoms with Crippen LogP contribution >= 0.6 is 0 Å². The molecule has 0 amide bonds. The minimum atomic E-state index is 0.580. The molecule has 0 nitrogen and oxygen atoms in total. The van der Waals surface area contributed by atoms with Gasteiger partial charge in [-0.3, -0.25) is 0 Å². The van der Waals surface area contributed by atoms with E-state index >= 15 is 0 Å². The number of allylic oxidation sites excluding steroid dienone is 1. The van der Waals surface area contributed by atoms with Crippen molar-refractivity contribution in [1.82, 2.24) is 0 Å². The highest BCUT2D eigenvalue weighted by molar-refractivity contribution is 5.48. The zero-order valence-corrected chi connectivity index (χ0v) is 10.2. The molecule has 2 aromatic carbocycles. The fourth-order valence-corrected chi connectivity index (χ4v) is 1.89. The van der Waals surface area contributed by atoms with Crippen molar-refractivity contribution in [1.29, 1.82) is 0 Å². The summed E-state index contributed by atoms with van der Waals surface area (Å²) in [5.41, 5.74) is 2.68. The van der Waals surface area contributed by atoms with Crippen LogP contribution in [0.25, 0.3) is 6.08 Å². The Kier molecular flexibility index (Phi) is 4.15. The molecule has 0 saturated heterocycles. The van der Waals surface area contributed by atoms with Gasteiger partial charge in [0, 0.05) is 0 Å². The molecule has 1 atom stereocenters. The summed E-state index contributed by atoms with van der Waals surface area (Å²) >= 11 is 0. The van der Waals surface area contributed by atoms with E-state index in [0.29, 0.717) is 5.92 Å². The average molecular weight is 222 g/mol. The number of hydrogen-bond donors (Lipinski definition) is 0. The molecule has 0 aromatic heterocycles. The molecule has 17 heavy (non-hydrogen) atoms. The van der Waals surface area contributed by atoms with E-state index in [1.165, 1.54) is 11.1 Å². The quantitative estimate of drug-likeness (QED) is 0.690. The van der Waals surface area contributed by atoms with Crippen molar-refractivity contribution in [2.75, 3.05) is 0 Å². The first-order valence-corrected chi connectivity index (χ1v) is 6.13. The lowest BCUT2D eigenvalue weighted by atomic mass is 9.97. The summed E-state index contributed by atoms with van der Waals surface area (Å²) in [4.78, 5) is 0. The number of rotatable bonds is 4. The smallest absolute Gasteiger partial charge is 0.0156 e. The van der Waals surface area contributed by atoms with Crippen molar-refractivity contribution in [3.8, 4) is 0 Å². The first-order valence-electron chi connectivity index (χ1n) is 6.13. The van der Waals surface area contributed by atoms with E-state index in [9.17, 15) is 0 Å². The molecule has 2 aromatic rings. The van der Waals surface area contributed by atoms with E-state index in [2.05, 4.69) is 73.7 Å². The fraction of sp³-hybridized carbons (Fsp3) is 0.176. The maximum Gasteiger partial charge on any atom is -0.0156 e. The van der Waals surface area contributed by atoms with Crippen molar-refractivity contribution in [2.45, 2.75) is 19.3 Å². The minimum Gasteiger partial charge on any atom is -0.0833 e. The summed E-state index contributed by atoms with van der Waals surface area (Å²) in [7, 11) is 0. The summed E-state index contributed by atoms with van der Waals surface area (Å²) in [6.45, 7) is 2.27. The van der Waals surface area contributed by atoms with Gasteiger partial charge in [0.25, 0.3) is 0 Å². The van der Waals surface area contributed by atoms with E-state index in [0.717, 1.165) is 6.42 Å². The van der Waals surface area contributed by atoms with Crippen LogP contribution in [0.4, 0.5) is 0 Å². The monoisotopic (exact) mass is 222 g/mol. The van der Waals surface area contributed by atoms with Crippen LogP contribution in [0, 0.1) is 0 Å². The molecule has 1 unspecified atom stereocenters. The van der Waals surface area contributed by atoms with Gasteiger partial charge in [-0.2, -0.15) is 0 Å². The third-order valence-electron chi connectivity index (χ3n) is 2.97. The topological polar surface area (TPSA) is 0 Å². The van der Waals surface area contributed by atoms with Crippen LogP contribution in [0.5, 0.6) is 0 Å². The summed E-state index contributed by atoms with van der Waals surface area (Å²) in [5.74, 6) is 0.580. The van der Waals surface area contributed by atoms with E-state index in [-0.39, 0.29) is 0 Å². The first kappa shape index (κ1) is 11.7. The second-order valence-corrected chi connectivity index (χ2v) is 4.36. The standard InChI is InChI=1S/C17H18/c1-15(17-13-6-3-7-14-17)9-8-12-16-10-4-2-5-11-16/h2-8,10-15H,9H2,1H3/b12-8+. The summed E-state index contributed by atoms with van der Waals surface area (Å²) in [6.07, 6.45) is 5.53. The summed E-state index contributed by atoms with van der Waals surface area (Å²) < 4.78 is 0. The number of benzene rings is 2. The average Bonchev–Trinajstić information content (AvgIpc) is 2.41. The molecule has 0 radical (unpaired) electrons. The van der Waals surface area contributed by atoms with Crippen molar-refractivity contribution in [3.63, 3.8) is 0 Å². The summed E-state index contributed by atoms with van der Waals surface area (Å²) in [6, 6.07) is 21.1. The molecule has 0 aliphatic heterocycles. The van der Waals surface area contributed by atoms with Gasteiger partial charge in [0.2, 0.25) is 0 Å². The van der Waals surface area contributed by atoms with Gasteiger partial charge in [-0.15, -0.1) is 0 Å². The van der Waals surface area contributed by atoms with E-state index in [1.54, 1.807) is 0 Å². The highest BCUT2D eigenvalue weighted by atomic mass is 14.1. The Labute approximate surface area is 104 Å². The fourth-order valence-electron chi connectivity index (χ4n) is 1.89. The van der Waals surface area contributed by atoms with Gasteiger partial charge in [-0.05, 0) is 23.5 Å². The Hall–Kier alpha value is -1.82. The van der Waals surface area contributed by atoms with E-state index in [4.69, 9.17) is 0 Å². The molecule has 0 spiro atoms. The molecule has 0 aliphatic rings. The van der Waals surface area contributed by atoms with Crippen LogP contribution in [0.3, 0.4) is 0 Å². The molecular weight excluding hydrogens is 204 g/mol. The van der Waals surface area contributed by atoms with Crippen molar-refractivity contribution < 1.29 is 0 Å². The number of hydrogen-bond acceptors (Lipinski definition) is 0. The Bertz CT molecular complexity index is 454. The lowest BCUT2D eigenvalue weighted by Crippen LogP contribution is -1.90. The Morgan fingerprint density at radius 3 is 2.12 bits per heavy atom. The van der Waals surface area contributed by atoms with Crippen LogP contribution in [0.15, 0.2) is 66.7 Å². The van der Waals surface area contributed by atoms with Crippen LogP contribution < -0.4 is 0 Å². The highest BCUT2D eigenvalue weighted by Gasteiger charge is 2.01. The maximum atomic E-state index is 2.27. The highest BCUT2D eigenvalue weighted by Crippen LogP contribution is 2.19. The molecule has 0 N–H and O–H groups in total. The molecular formula is C17H18. The third-order valence-corrected chi connectivity index (χ3v) is 2.97. The van der Waals surface area contributed by atoms with Gasteiger partial charge in [0.05, 0.1) is 0 Å². The predicted molar refractivity (Wildman–Crippen MR) is 75.0 cm³/mol. The van der Waals surface area contributed by atoms with E-state index < -0.39 is 0 Å². The van der Waals surface area contributed by atoms with E-state index in [1.807, 2.05) is 6.07 Å². The molecule has 0 saturated carbocycles. The van der Waals surface area contributed by atoms with Gasteiger partial charge >= 0.3 is 0 Å². The lowest BCUT2D eigenvalue weighted by Gasteiger charge is -2.08. The Morgan fingerprint density at radius 1 is 0.882 bits per heavy atom. The molecule has 0 heteroatoms. The maximum absolute atomic E-state index is 2.27. The van der Waals surface area contributed by atoms with Gasteiger partial charge in [0.1, 0.15) is 0 Å². The Balaban J connectivity index is 1.93. The van der Waals surface area contributed by atoms with Crippen molar-refractivity contribution in [2.24, 2.45) is 0 Å². The zero-order valence-electron chi connectivity index (χ0n) is 10.2. The zero-order chi connectivity index (χ0) is 11.9. The normalized spacial score (nSPS) is 12.8. The molecule has 2 rings (SSSR count). The summed E-state index contributed by atoms with van der Waals surface area (Å²) in [5, 5.41) is 0. The second-order valence-electron chi connectivity index (χ2n) is 4.36. The largest absolute Gasteiger partial charge is 0.0833 e. The van der Waals surface area contributed by atoms with Gasteiger partial charge in [-0.1, -0.05) is 79.7 Å². The second kappa shape index (κ2) is 6.05. The first-order chi connectivity index (χ1) is 8.36. The third kappa shape index (κ3) is 3.60. The van der Waals surface area contributed by atoms with Crippen LogP contribution in [0.2, 0.25) is 0 Å². The minimum absolute atomic E-state index is 0.580. The Morgan fingerprint density at radius 2 is 1.47 bits per heavy atom. The van der Waals surface area contributed by atoms with Gasteiger partial charge < -0.3 is 0 Å². The van der Waals surface area contributed by atoms with Crippen LogP contribution in [-0.4, -0.2) is 0 Å².